The molecule has 40 heavy (non-hydrogen) atoms. The molecule has 5 fully saturated rings. The molecule has 1 aromatic carbocycles. The molecule has 1 aromatic rings. The molecule has 0 unspecified atom stereocenters. The van der Waals surface area contributed by atoms with E-state index in [9.17, 15) is 9.59 Å². The fraction of sp³-hybridized carbons (Fsp3) is 0.742. The van der Waals surface area contributed by atoms with Crippen LogP contribution in [0.3, 0.4) is 0 Å². The number of carbonyl (C=O) groups is 2. The van der Waals surface area contributed by atoms with Gasteiger partial charge in [-0.25, -0.2) is 9.59 Å². The van der Waals surface area contributed by atoms with Crippen molar-refractivity contribution in [2.45, 2.75) is 116 Å². The van der Waals surface area contributed by atoms with Gasteiger partial charge in [-0.05, 0) is 95.5 Å². The van der Waals surface area contributed by atoms with E-state index in [4.69, 9.17) is 14.0 Å². The molecule has 8 nitrogen and oxygen atoms in total. The highest BCUT2D eigenvalue weighted by Gasteiger charge is 2.68. The van der Waals surface area contributed by atoms with Crippen LogP contribution in [0.4, 0.5) is 9.59 Å². The molecule has 2 heterocycles. The van der Waals surface area contributed by atoms with Gasteiger partial charge in [0.1, 0.15) is 5.60 Å². The number of carbonyl (C=O) groups excluding carboxylic acids is 2. The van der Waals surface area contributed by atoms with Gasteiger partial charge in [0.25, 0.3) is 0 Å². The van der Waals surface area contributed by atoms with Crippen LogP contribution in [-0.4, -0.2) is 66.5 Å². The van der Waals surface area contributed by atoms with Gasteiger partial charge in [-0.3, -0.25) is 0 Å². The van der Waals surface area contributed by atoms with Crippen molar-refractivity contribution in [3.8, 4) is 0 Å². The van der Waals surface area contributed by atoms with E-state index in [-0.39, 0.29) is 41.2 Å². The SMILES string of the molecule is CC(C)(C)OC(=O)N1CCCC[C@H]1CCNC(=O)N[C@@H](Cc1ccccc1)B1O[C@@H]2C[C@@H]3C[C@@H](C3(C)C)[C@]2(C)O1. The minimum absolute atomic E-state index is 0.0579. The van der Waals surface area contributed by atoms with E-state index < -0.39 is 12.7 Å². The second-order valence-corrected chi connectivity index (χ2v) is 14.1. The average molecular weight is 554 g/mol. The second-order valence-electron chi connectivity index (χ2n) is 14.1. The number of hydrogen-bond donors (Lipinski definition) is 2. The number of amides is 3. The zero-order chi connectivity index (χ0) is 28.7. The molecule has 3 aliphatic carbocycles. The number of hydrogen-bond acceptors (Lipinski definition) is 5. The van der Waals surface area contributed by atoms with Crippen LogP contribution in [-0.2, 0) is 20.5 Å². The average Bonchev–Trinajstić information content (AvgIpc) is 3.25. The number of piperidine rings is 1. The van der Waals surface area contributed by atoms with Crippen molar-refractivity contribution in [2.24, 2.45) is 17.3 Å². The summed E-state index contributed by atoms with van der Waals surface area (Å²) < 4.78 is 18.9. The highest BCUT2D eigenvalue weighted by molar-refractivity contribution is 6.48. The minimum atomic E-state index is -0.528. The molecule has 0 radical (unpaired) electrons. The first-order chi connectivity index (χ1) is 18.9. The van der Waals surface area contributed by atoms with Crippen molar-refractivity contribution in [3.05, 3.63) is 35.9 Å². The zero-order valence-corrected chi connectivity index (χ0v) is 25.2. The first kappa shape index (κ1) is 29.2. The van der Waals surface area contributed by atoms with Gasteiger partial charge in [-0.15, -0.1) is 0 Å². The van der Waals surface area contributed by atoms with Gasteiger partial charge < -0.3 is 29.6 Å². The largest absolute Gasteiger partial charge is 0.482 e. The first-order valence-corrected chi connectivity index (χ1v) is 15.3. The van der Waals surface area contributed by atoms with Gasteiger partial charge >= 0.3 is 19.2 Å². The number of rotatable bonds is 7. The molecule has 2 bridgehead atoms. The molecule has 3 saturated carbocycles. The van der Waals surface area contributed by atoms with Gasteiger partial charge in [-0.2, -0.15) is 0 Å². The van der Waals surface area contributed by atoms with Crippen molar-refractivity contribution in [1.82, 2.24) is 15.5 Å². The molecule has 220 valence electrons. The molecule has 9 heteroatoms. The Bertz CT molecular complexity index is 1060. The van der Waals surface area contributed by atoms with Gasteiger partial charge in [0.15, 0.2) is 0 Å². The topological polar surface area (TPSA) is 89.1 Å². The summed E-state index contributed by atoms with van der Waals surface area (Å²) >= 11 is 0. The fourth-order valence-electron chi connectivity index (χ4n) is 7.59. The van der Waals surface area contributed by atoms with Crippen molar-refractivity contribution < 1.29 is 23.6 Å². The highest BCUT2D eigenvalue weighted by atomic mass is 16.7. The minimum Gasteiger partial charge on any atom is -0.444 e. The van der Waals surface area contributed by atoms with Crippen LogP contribution >= 0.6 is 0 Å². The molecule has 6 rings (SSSR count). The maximum Gasteiger partial charge on any atom is 0.482 e. The van der Waals surface area contributed by atoms with Gasteiger partial charge in [0, 0.05) is 19.1 Å². The van der Waals surface area contributed by atoms with Crippen LogP contribution in [0.2, 0.25) is 0 Å². The molecule has 0 spiro atoms. The van der Waals surface area contributed by atoms with Crippen molar-refractivity contribution in [3.63, 3.8) is 0 Å². The molecule has 2 aliphatic heterocycles. The van der Waals surface area contributed by atoms with Gasteiger partial charge in [0.05, 0.1) is 17.6 Å². The van der Waals surface area contributed by atoms with Crippen LogP contribution in [0.1, 0.15) is 85.6 Å². The van der Waals surface area contributed by atoms with E-state index in [1.54, 1.807) is 0 Å². The fourth-order valence-corrected chi connectivity index (χ4v) is 7.59. The van der Waals surface area contributed by atoms with E-state index in [0.29, 0.717) is 37.8 Å². The molecule has 2 N–H and O–H groups in total. The Morgan fingerprint density at radius 1 is 1.15 bits per heavy atom. The van der Waals surface area contributed by atoms with Crippen LogP contribution in [0.15, 0.2) is 30.3 Å². The van der Waals surface area contributed by atoms with E-state index in [2.05, 4.69) is 43.5 Å². The van der Waals surface area contributed by atoms with Gasteiger partial charge in [0.2, 0.25) is 0 Å². The number of nitrogens with one attached hydrogen (secondary N) is 2. The molecular formula is C31H48BN3O5. The Kier molecular flexibility index (Phi) is 8.19. The lowest BCUT2D eigenvalue weighted by molar-refractivity contribution is -0.199. The van der Waals surface area contributed by atoms with Crippen LogP contribution in [0, 0.1) is 17.3 Å². The molecular weight excluding hydrogens is 505 g/mol. The third-order valence-electron chi connectivity index (χ3n) is 9.93. The standard InChI is InChI=1S/C31H48BN3O5/c1-29(2,3)38-28(37)35-17-11-10-14-23(35)15-16-33-27(36)34-26(18-21-12-8-7-9-13-21)32-39-25-20-22-19-24(30(22,4)5)31(25,6)40-32/h7-9,12-13,22-26H,10-11,14-20H2,1-6H3,(H2,33,34,36)/t22-,23-,24-,25+,26-,31-/m0/s1. The van der Waals surface area contributed by atoms with Crippen molar-refractivity contribution in [2.75, 3.05) is 13.1 Å². The third kappa shape index (κ3) is 6.01. The highest BCUT2D eigenvalue weighted by Crippen LogP contribution is 2.65. The van der Waals surface area contributed by atoms with Crippen LogP contribution in [0.25, 0.3) is 0 Å². The zero-order valence-electron chi connectivity index (χ0n) is 25.2. The summed E-state index contributed by atoms with van der Waals surface area (Å²) in [6.07, 6.45) is 6.26. The normalized spacial score (nSPS) is 31.6. The van der Waals surface area contributed by atoms with Crippen LogP contribution in [0.5, 0.6) is 0 Å². The van der Waals surface area contributed by atoms with E-state index in [0.717, 1.165) is 31.2 Å². The predicted molar refractivity (Wildman–Crippen MR) is 156 cm³/mol. The number of urea groups is 1. The molecule has 6 atom stereocenters. The molecule has 3 amide bonds. The number of benzene rings is 1. The summed E-state index contributed by atoms with van der Waals surface area (Å²) in [5.74, 6) is 0.809. The second kappa shape index (κ2) is 11.2. The lowest BCUT2D eigenvalue weighted by Crippen LogP contribution is -2.65. The molecule has 0 aromatic heterocycles. The maximum atomic E-state index is 13.2. The number of nitrogens with zero attached hydrogens (tertiary/aromatic N) is 1. The Hall–Kier alpha value is -2.26. The third-order valence-corrected chi connectivity index (χ3v) is 9.93. The summed E-state index contributed by atoms with van der Waals surface area (Å²) in [4.78, 5) is 27.8. The summed E-state index contributed by atoms with van der Waals surface area (Å²) in [6, 6.07) is 10.00. The summed E-state index contributed by atoms with van der Waals surface area (Å²) in [6.45, 7) is 13.7. The molecule has 5 aliphatic rings. The Labute approximate surface area is 240 Å². The first-order valence-electron chi connectivity index (χ1n) is 15.3. The lowest BCUT2D eigenvalue weighted by Gasteiger charge is -2.64. The summed E-state index contributed by atoms with van der Waals surface area (Å²) in [5.41, 5.74) is 0.525. The smallest absolute Gasteiger partial charge is 0.444 e. The Balaban J connectivity index is 1.20. The quantitative estimate of drug-likeness (QED) is 0.445. The van der Waals surface area contributed by atoms with E-state index in [1.807, 2.05) is 43.9 Å². The monoisotopic (exact) mass is 553 g/mol. The number of ether oxygens (including phenoxy) is 1. The number of likely N-dealkylation sites (tertiary alicyclic amines) is 1. The van der Waals surface area contributed by atoms with E-state index >= 15 is 0 Å². The maximum absolute atomic E-state index is 13.2. The van der Waals surface area contributed by atoms with Crippen molar-refractivity contribution in [1.29, 1.82) is 0 Å². The Morgan fingerprint density at radius 3 is 2.60 bits per heavy atom. The van der Waals surface area contributed by atoms with E-state index in [1.165, 1.54) is 6.42 Å². The van der Waals surface area contributed by atoms with Crippen LogP contribution < -0.4 is 10.6 Å². The Morgan fingerprint density at radius 2 is 1.90 bits per heavy atom. The lowest BCUT2D eigenvalue weighted by atomic mass is 9.43. The van der Waals surface area contributed by atoms with Gasteiger partial charge in [-0.1, -0.05) is 44.2 Å². The van der Waals surface area contributed by atoms with Crippen molar-refractivity contribution >= 4 is 19.2 Å². The molecule has 2 saturated heterocycles. The predicted octanol–water partition coefficient (Wildman–Crippen LogP) is 5.34. The summed E-state index contributed by atoms with van der Waals surface area (Å²) in [7, 11) is -0.503. The summed E-state index contributed by atoms with van der Waals surface area (Å²) in [5, 5.41) is 6.22.